The van der Waals surface area contributed by atoms with Crippen LogP contribution in [-0.4, -0.2) is 31.8 Å². The van der Waals surface area contributed by atoms with Crippen LogP contribution in [0.1, 0.15) is 6.92 Å². The highest BCUT2D eigenvalue weighted by atomic mass is 79.9. The maximum Gasteiger partial charge on any atom is 0.446 e. The fourth-order valence-corrected chi connectivity index (χ4v) is 3.05. The van der Waals surface area contributed by atoms with E-state index in [0.29, 0.717) is 17.3 Å². The molecule has 2 N–H and O–H groups in total. The fraction of sp³-hybridized carbons (Fsp3) is 0.231. The minimum Gasteiger partial charge on any atom is -0.329 e. The molecule has 0 aliphatic rings. The van der Waals surface area contributed by atoms with Crippen molar-refractivity contribution < 1.29 is 13.5 Å². The van der Waals surface area contributed by atoms with Crippen molar-refractivity contribution in [1.29, 1.82) is 0 Å². The third-order valence-electron chi connectivity index (χ3n) is 3.08. The number of halogens is 3. The normalized spacial score (nSPS) is 12.0. The number of thioether (sulfide) groups is 1. The Hall–Kier alpha value is -1.69. The van der Waals surface area contributed by atoms with Gasteiger partial charge in [-0.05, 0) is 44.4 Å². The highest BCUT2D eigenvalue weighted by Crippen LogP contribution is 2.30. The van der Waals surface area contributed by atoms with E-state index in [2.05, 4.69) is 31.4 Å². The van der Waals surface area contributed by atoms with Gasteiger partial charge in [0, 0.05) is 11.8 Å². The molecule has 2 heterocycles. The van der Waals surface area contributed by atoms with Crippen molar-refractivity contribution in [3.63, 3.8) is 0 Å². The van der Waals surface area contributed by atoms with Crippen molar-refractivity contribution in [1.82, 2.24) is 20.0 Å². The summed E-state index contributed by atoms with van der Waals surface area (Å²) in [4.78, 5) is 12.0. The zero-order chi connectivity index (χ0) is 17.3. The average molecular weight is 453 g/mol. The van der Waals surface area contributed by atoms with Gasteiger partial charge in [-0.3, -0.25) is 4.52 Å². The van der Waals surface area contributed by atoms with Crippen LogP contribution in [0.5, 0.6) is 0 Å². The van der Waals surface area contributed by atoms with Crippen LogP contribution in [0.15, 0.2) is 41.6 Å². The van der Waals surface area contributed by atoms with Crippen molar-refractivity contribution in [3.05, 3.63) is 39.0 Å². The molecule has 3 rings (SSSR count). The van der Waals surface area contributed by atoms with Gasteiger partial charge in [-0.25, -0.2) is 18.4 Å². The van der Waals surface area contributed by atoms with E-state index in [9.17, 15) is 9.18 Å². The number of aromatic nitrogens is 4. The smallest absolute Gasteiger partial charge is 0.329 e. The summed E-state index contributed by atoms with van der Waals surface area (Å²) in [5.41, 5.74) is 6.20. The Bertz CT molecular complexity index is 931. The maximum atomic E-state index is 13.4. The monoisotopic (exact) mass is 451 g/mol. The van der Waals surface area contributed by atoms with E-state index < -0.39 is 11.6 Å². The SMILES string of the molecule is CC(CN)Sc1nonc1-c1noc(=O)n1-c1ccc(F)c(Br)c1.Cl. The second-order valence-corrected chi connectivity index (χ2v) is 7.07. The highest BCUT2D eigenvalue weighted by molar-refractivity contribution is 9.10. The van der Waals surface area contributed by atoms with Gasteiger partial charge in [0.25, 0.3) is 0 Å². The topological polar surface area (TPSA) is 113 Å². The molecule has 12 heteroatoms. The van der Waals surface area contributed by atoms with Gasteiger partial charge < -0.3 is 5.73 Å². The molecule has 0 aliphatic heterocycles. The lowest BCUT2D eigenvalue weighted by Crippen LogP contribution is -2.14. The Morgan fingerprint density at radius 3 is 2.84 bits per heavy atom. The molecule has 0 radical (unpaired) electrons. The van der Waals surface area contributed by atoms with E-state index in [1.807, 2.05) is 6.92 Å². The van der Waals surface area contributed by atoms with Gasteiger partial charge in [-0.2, -0.15) is 0 Å². The predicted molar refractivity (Wildman–Crippen MR) is 94.7 cm³/mol. The molecule has 0 saturated carbocycles. The van der Waals surface area contributed by atoms with E-state index in [4.69, 9.17) is 14.9 Å². The van der Waals surface area contributed by atoms with E-state index in [-0.39, 0.29) is 33.6 Å². The van der Waals surface area contributed by atoms with Crippen molar-refractivity contribution in [3.8, 4) is 17.2 Å². The summed E-state index contributed by atoms with van der Waals surface area (Å²) in [6.45, 7) is 2.34. The van der Waals surface area contributed by atoms with Crippen molar-refractivity contribution in [2.75, 3.05) is 6.54 Å². The molecule has 1 aromatic carbocycles. The van der Waals surface area contributed by atoms with Gasteiger partial charge in [0.2, 0.25) is 5.82 Å². The molecule has 0 bridgehead atoms. The number of benzene rings is 1. The van der Waals surface area contributed by atoms with E-state index in [1.165, 1.54) is 30.0 Å². The molecule has 1 atom stereocenters. The van der Waals surface area contributed by atoms with Crippen LogP contribution >= 0.6 is 40.1 Å². The summed E-state index contributed by atoms with van der Waals surface area (Å²) in [6.07, 6.45) is 0. The first kappa shape index (κ1) is 19.6. The largest absolute Gasteiger partial charge is 0.446 e. The molecule has 3 aromatic rings. The highest BCUT2D eigenvalue weighted by Gasteiger charge is 2.24. The molecule has 0 aliphatic carbocycles. The minimum absolute atomic E-state index is 0. The predicted octanol–water partition coefficient (Wildman–Crippen LogP) is 2.64. The molecule has 134 valence electrons. The maximum absolute atomic E-state index is 13.4. The van der Waals surface area contributed by atoms with Crippen LogP contribution in [0.4, 0.5) is 4.39 Å². The fourth-order valence-electron chi connectivity index (χ4n) is 1.88. The van der Waals surface area contributed by atoms with Gasteiger partial charge in [-0.1, -0.05) is 23.8 Å². The summed E-state index contributed by atoms with van der Waals surface area (Å²) in [5, 5.41) is 11.8. The zero-order valence-corrected chi connectivity index (χ0v) is 15.9. The Morgan fingerprint density at radius 2 is 2.16 bits per heavy atom. The molecular weight excluding hydrogens is 441 g/mol. The lowest BCUT2D eigenvalue weighted by Gasteiger charge is -2.06. The molecule has 0 spiro atoms. The van der Waals surface area contributed by atoms with Gasteiger partial charge >= 0.3 is 5.76 Å². The van der Waals surface area contributed by atoms with Gasteiger partial charge in [0.1, 0.15) is 5.82 Å². The van der Waals surface area contributed by atoms with Gasteiger partial charge in [0.15, 0.2) is 10.7 Å². The second kappa shape index (κ2) is 8.13. The first-order valence-electron chi connectivity index (χ1n) is 6.75. The number of hydrogen-bond acceptors (Lipinski definition) is 8. The molecule has 0 amide bonds. The van der Waals surface area contributed by atoms with Crippen LogP contribution in [-0.2, 0) is 0 Å². The molecule has 0 saturated heterocycles. The second-order valence-electron chi connectivity index (χ2n) is 4.79. The van der Waals surface area contributed by atoms with Crippen molar-refractivity contribution in [2.45, 2.75) is 17.2 Å². The van der Waals surface area contributed by atoms with E-state index in [1.54, 1.807) is 0 Å². The third-order valence-corrected chi connectivity index (χ3v) is 4.77. The number of rotatable bonds is 5. The minimum atomic E-state index is -0.741. The van der Waals surface area contributed by atoms with Crippen molar-refractivity contribution in [2.24, 2.45) is 5.73 Å². The van der Waals surface area contributed by atoms with Crippen LogP contribution in [0.25, 0.3) is 17.2 Å². The summed E-state index contributed by atoms with van der Waals surface area (Å²) in [5.74, 6) is -1.10. The standard InChI is InChI=1S/C13H11BrFN5O3S.ClH/c1-6(5-16)24-12-10(17-23-19-12)11-18-22-13(21)20(11)7-2-3-9(15)8(14)4-7;/h2-4,6H,5,16H2,1H3;1H. The molecule has 2 aromatic heterocycles. The first-order chi connectivity index (χ1) is 11.5. The Kier molecular flexibility index (Phi) is 6.38. The Balaban J connectivity index is 0.00000225. The Labute approximate surface area is 159 Å². The molecular formula is C13H12BrClFN5O3S. The van der Waals surface area contributed by atoms with E-state index >= 15 is 0 Å². The molecule has 8 nitrogen and oxygen atoms in total. The summed E-state index contributed by atoms with van der Waals surface area (Å²) >= 11 is 4.41. The summed E-state index contributed by atoms with van der Waals surface area (Å²) < 4.78 is 24.3. The third kappa shape index (κ3) is 3.94. The van der Waals surface area contributed by atoms with E-state index in [0.717, 1.165) is 4.57 Å². The summed E-state index contributed by atoms with van der Waals surface area (Å²) in [7, 11) is 0. The van der Waals surface area contributed by atoms with Crippen LogP contribution in [0.2, 0.25) is 0 Å². The summed E-state index contributed by atoms with van der Waals surface area (Å²) in [6, 6.07) is 4.07. The number of nitrogens with zero attached hydrogens (tertiary/aromatic N) is 4. The molecule has 0 fully saturated rings. The molecule has 1 unspecified atom stereocenters. The van der Waals surface area contributed by atoms with Gasteiger partial charge in [0.05, 0.1) is 10.2 Å². The van der Waals surface area contributed by atoms with Crippen LogP contribution in [0.3, 0.4) is 0 Å². The number of hydrogen-bond donors (Lipinski definition) is 1. The lowest BCUT2D eigenvalue weighted by atomic mass is 10.3. The average Bonchev–Trinajstić information content (AvgIpc) is 3.16. The lowest BCUT2D eigenvalue weighted by molar-refractivity contribution is 0.299. The Morgan fingerprint density at radius 1 is 1.40 bits per heavy atom. The van der Waals surface area contributed by atoms with Crippen molar-refractivity contribution >= 4 is 40.1 Å². The zero-order valence-electron chi connectivity index (χ0n) is 12.7. The number of nitrogens with two attached hydrogens (primary N) is 1. The van der Waals surface area contributed by atoms with Crippen LogP contribution < -0.4 is 11.5 Å². The first-order valence-corrected chi connectivity index (χ1v) is 8.42. The van der Waals surface area contributed by atoms with Crippen LogP contribution in [0, 0.1) is 5.82 Å². The van der Waals surface area contributed by atoms with Gasteiger partial charge in [-0.15, -0.1) is 12.4 Å². The quantitative estimate of drug-likeness (QED) is 0.588. The molecule has 25 heavy (non-hydrogen) atoms.